The molecule has 0 aliphatic heterocycles. The van der Waals surface area contributed by atoms with Gasteiger partial charge in [0.15, 0.2) is 0 Å². The summed E-state index contributed by atoms with van der Waals surface area (Å²) in [6.07, 6.45) is 1.33. The Morgan fingerprint density at radius 1 is 1.45 bits per heavy atom. The van der Waals surface area contributed by atoms with E-state index in [9.17, 15) is 4.79 Å². The van der Waals surface area contributed by atoms with Crippen molar-refractivity contribution < 1.29 is 14.3 Å². The summed E-state index contributed by atoms with van der Waals surface area (Å²) in [5.41, 5.74) is 6.16. The van der Waals surface area contributed by atoms with E-state index in [1.165, 1.54) is 7.11 Å². The molecule has 0 saturated carbocycles. The van der Waals surface area contributed by atoms with Gasteiger partial charge in [-0.05, 0) is 44.9 Å². The molecule has 0 bridgehead atoms. The lowest BCUT2D eigenvalue weighted by Gasteiger charge is -2.14. The standard InChI is InChI=1S/C15H20N2O3/c1-15(2,10-16)7-4-8-20-14(18)11-5-6-12(17)13(9-11)19-3/h5-6,9H,4,7-8,17H2,1-3H3. The number of rotatable bonds is 6. The number of methoxy groups -OCH3 is 1. The average Bonchev–Trinajstić information content (AvgIpc) is 2.44. The van der Waals surface area contributed by atoms with Crippen LogP contribution in [0.2, 0.25) is 0 Å². The van der Waals surface area contributed by atoms with Gasteiger partial charge in [-0.3, -0.25) is 0 Å². The third kappa shape index (κ3) is 4.47. The van der Waals surface area contributed by atoms with Gasteiger partial charge >= 0.3 is 5.97 Å². The monoisotopic (exact) mass is 276 g/mol. The van der Waals surface area contributed by atoms with Crippen molar-refractivity contribution in [3.63, 3.8) is 0 Å². The Morgan fingerprint density at radius 3 is 2.75 bits per heavy atom. The molecule has 0 atom stereocenters. The van der Waals surface area contributed by atoms with E-state index < -0.39 is 11.4 Å². The van der Waals surface area contributed by atoms with Crippen LogP contribution in [0.25, 0.3) is 0 Å². The first-order chi connectivity index (χ1) is 9.39. The number of hydrogen-bond donors (Lipinski definition) is 1. The van der Waals surface area contributed by atoms with Gasteiger partial charge in [0.2, 0.25) is 0 Å². The van der Waals surface area contributed by atoms with Gasteiger partial charge in [0.25, 0.3) is 0 Å². The maximum atomic E-state index is 11.8. The number of hydrogen-bond acceptors (Lipinski definition) is 5. The summed E-state index contributed by atoms with van der Waals surface area (Å²) >= 11 is 0. The zero-order chi connectivity index (χ0) is 15.2. The van der Waals surface area contributed by atoms with E-state index in [1.807, 2.05) is 13.8 Å². The van der Waals surface area contributed by atoms with Gasteiger partial charge in [-0.1, -0.05) is 0 Å². The Morgan fingerprint density at radius 2 is 2.15 bits per heavy atom. The van der Waals surface area contributed by atoms with E-state index in [0.29, 0.717) is 29.8 Å². The van der Waals surface area contributed by atoms with Gasteiger partial charge in [0.1, 0.15) is 5.75 Å². The van der Waals surface area contributed by atoms with Crippen LogP contribution in [0.5, 0.6) is 5.75 Å². The maximum Gasteiger partial charge on any atom is 0.338 e. The third-order valence-corrected chi connectivity index (χ3v) is 2.95. The molecule has 1 rings (SSSR count). The molecular weight excluding hydrogens is 256 g/mol. The zero-order valence-corrected chi connectivity index (χ0v) is 12.1. The van der Waals surface area contributed by atoms with Gasteiger partial charge in [-0.25, -0.2) is 4.79 Å². The van der Waals surface area contributed by atoms with Crippen LogP contribution < -0.4 is 10.5 Å². The highest BCUT2D eigenvalue weighted by Crippen LogP contribution is 2.23. The summed E-state index contributed by atoms with van der Waals surface area (Å²) in [7, 11) is 1.49. The van der Waals surface area contributed by atoms with E-state index in [2.05, 4.69) is 6.07 Å². The fourth-order valence-electron chi connectivity index (χ4n) is 1.66. The Kier molecular flexibility index (Phi) is 5.39. The van der Waals surface area contributed by atoms with Gasteiger partial charge < -0.3 is 15.2 Å². The number of nitrogen functional groups attached to an aromatic ring is 1. The van der Waals surface area contributed by atoms with E-state index >= 15 is 0 Å². The molecule has 0 aliphatic carbocycles. The average molecular weight is 276 g/mol. The lowest BCUT2D eigenvalue weighted by molar-refractivity contribution is 0.0490. The zero-order valence-electron chi connectivity index (χ0n) is 12.1. The molecule has 5 nitrogen and oxygen atoms in total. The number of esters is 1. The molecule has 0 saturated heterocycles. The van der Waals surface area contributed by atoms with Gasteiger partial charge in [0, 0.05) is 0 Å². The molecule has 0 spiro atoms. The summed E-state index contributed by atoms with van der Waals surface area (Å²) in [4.78, 5) is 11.8. The van der Waals surface area contributed by atoms with Crippen LogP contribution in [0.4, 0.5) is 5.69 Å². The molecule has 0 aliphatic rings. The van der Waals surface area contributed by atoms with E-state index in [1.54, 1.807) is 18.2 Å². The van der Waals surface area contributed by atoms with E-state index in [-0.39, 0.29) is 6.61 Å². The van der Waals surface area contributed by atoms with Crippen LogP contribution in [0.15, 0.2) is 18.2 Å². The SMILES string of the molecule is COc1cc(C(=O)OCCCC(C)(C)C#N)ccc1N. The number of ether oxygens (including phenoxy) is 2. The molecular formula is C15H20N2O3. The van der Waals surface area contributed by atoms with Crippen molar-refractivity contribution >= 4 is 11.7 Å². The molecule has 1 aromatic rings. The first-order valence-corrected chi connectivity index (χ1v) is 6.41. The minimum atomic E-state index is -0.418. The Hall–Kier alpha value is -2.22. The van der Waals surface area contributed by atoms with E-state index in [0.717, 1.165) is 0 Å². The van der Waals surface area contributed by atoms with Crippen LogP contribution in [0.3, 0.4) is 0 Å². The quantitative estimate of drug-likeness (QED) is 0.490. The van der Waals surface area contributed by atoms with Crippen LogP contribution in [0, 0.1) is 16.7 Å². The molecule has 0 amide bonds. The fourth-order valence-corrected chi connectivity index (χ4v) is 1.66. The number of carbonyl (C=O) groups excluding carboxylic acids is 1. The highest BCUT2D eigenvalue weighted by atomic mass is 16.5. The van der Waals surface area contributed by atoms with Gasteiger partial charge in [0.05, 0.1) is 36.5 Å². The highest BCUT2D eigenvalue weighted by Gasteiger charge is 2.16. The lowest BCUT2D eigenvalue weighted by atomic mass is 9.90. The van der Waals surface area contributed by atoms with Crippen LogP contribution in [0.1, 0.15) is 37.0 Å². The van der Waals surface area contributed by atoms with Crippen molar-refractivity contribution in [2.75, 3.05) is 19.5 Å². The fraction of sp³-hybridized carbons (Fsp3) is 0.467. The van der Waals surface area contributed by atoms with Crippen molar-refractivity contribution in [3.05, 3.63) is 23.8 Å². The first-order valence-electron chi connectivity index (χ1n) is 6.41. The Labute approximate surface area is 119 Å². The Bertz CT molecular complexity index is 518. The largest absolute Gasteiger partial charge is 0.495 e. The lowest BCUT2D eigenvalue weighted by Crippen LogP contribution is -2.12. The third-order valence-electron chi connectivity index (χ3n) is 2.95. The molecule has 1 aromatic carbocycles. The summed E-state index contributed by atoms with van der Waals surface area (Å²) in [6, 6.07) is 6.97. The molecule has 0 aromatic heterocycles. The molecule has 5 heteroatoms. The number of nitrogens with zero attached hydrogens (tertiary/aromatic N) is 1. The second kappa shape index (κ2) is 6.80. The number of carbonyl (C=O) groups is 1. The van der Waals surface area contributed by atoms with Crippen molar-refractivity contribution in [2.24, 2.45) is 5.41 Å². The van der Waals surface area contributed by atoms with E-state index in [4.69, 9.17) is 20.5 Å². The molecule has 108 valence electrons. The smallest absolute Gasteiger partial charge is 0.338 e. The molecule has 0 fully saturated rings. The first kappa shape index (κ1) is 15.8. The number of nitriles is 1. The number of nitrogens with two attached hydrogens (primary N) is 1. The second-order valence-electron chi connectivity index (χ2n) is 5.19. The Balaban J connectivity index is 2.50. The summed E-state index contributed by atoms with van der Waals surface area (Å²) in [5, 5.41) is 8.88. The van der Waals surface area contributed by atoms with Crippen molar-refractivity contribution in [3.8, 4) is 11.8 Å². The topological polar surface area (TPSA) is 85.3 Å². The predicted molar refractivity (Wildman–Crippen MR) is 76.3 cm³/mol. The normalized spacial score (nSPS) is 10.7. The molecule has 0 radical (unpaired) electrons. The number of benzene rings is 1. The minimum absolute atomic E-state index is 0.288. The van der Waals surface area contributed by atoms with Crippen molar-refractivity contribution in [1.82, 2.24) is 0 Å². The van der Waals surface area contributed by atoms with Gasteiger partial charge in [-0.15, -0.1) is 0 Å². The van der Waals surface area contributed by atoms with Crippen molar-refractivity contribution in [2.45, 2.75) is 26.7 Å². The molecule has 20 heavy (non-hydrogen) atoms. The van der Waals surface area contributed by atoms with Crippen LogP contribution in [-0.2, 0) is 4.74 Å². The number of anilines is 1. The maximum absolute atomic E-state index is 11.8. The minimum Gasteiger partial charge on any atom is -0.495 e. The van der Waals surface area contributed by atoms with Crippen LogP contribution >= 0.6 is 0 Å². The second-order valence-corrected chi connectivity index (χ2v) is 5.19. The summed E-state index contributed by atoms with van der Waals surface area (Å²) < 4.78 is 10.2. The van der Waals surface area contributed by atoms with Crippen LogP contribution in [-0.4, -0.2) is 19.7 Å². The summed E-state index contributed by atoms with van der Waals surface area (Å²) in [5.74, 6) is 0.0307. The molecule has 0 heterocycles. The van der Waals surface area contributed by atoms with Gasteiger partial charge in [-0.2, -0.15) is 5.26 Å². The van der Waals surface area contributed by atoms with Crippen molar-refractivity contribution in [1.29, 1.82) is 5.26 Å². The highest BCUT2D eigenvalue weighted by molar-refractivity contribution is 5.90. The molecule has 2 N–H and O–H groups in total. The predicted octanol–water partition coefficient (Wildman–Crippen LogP) is 2.76. The summed E-state index contributed by atoms with van der Waals surface area (Å²) in [6.45, 7) is 4.01. The molecule has 0 unspecified atom stereocenters.